The summed E-state index contributed by atoms with van der Waals surface area (Å²) in [6.45, 7) is 3.90. The maximum Gasteiger partial charge on any atom is 0.0598 e. The van der Waals surface area contributed by atoms with E-state index in [-0.39, 0.29) is 0 Å². The van der Waals surface area contributed by atoms with Gasteiger partial charge in [0.05, 0.1) is 6.54 Å². The van der Waals surface area contributed by atoms with Crippen molar-refractivity contribution in [1.82, 2.24) is 4.90 Å². The van der Waals surface area contributed by atoms with Crippen LogP contribution < -0.4 is 5.73 Å². The Kier molecular flexibility index (Phi) is 3.41. The first-order chi connectivity index (χ1) is 5.36. The van der Waals surface area contributed by atoms with E-state index >= 15 is 0 Å². The fourth-order valence-electron chi connectivity index (χ4n) is 1.51. The van der Waals surface area contributed by atoms with E-state index in [0.717, 1.165) is 32.1 Å². The highest BCUT2D eigenvalue weighted by Gasteiger charge is 2.16. The number of nitrogens with two attached hydrogens (primary N) is 1. The summed E-state index contributed by atoms with van der Waals surface area (Å²) in [5.41, 5.74) is 5.56. The van der Waals surface area contributed by atoms with Gasteiger partial charge in [0.15, 0.2) is 0 Å². The Bertz CT molecular complexity index is 140. The molecule has 2 nitrogen and oxygen atoms in total. The molecule has 2 heteroatoms. The van der Waals surface area contributed by atoms with Crippen molar-refractivity contribution >= 4 is 0 Å². The summed E-state index contributed by atoms with van der Waals surface area (Å²) < 4.78 is 0. The minimum absolute atomic E-state index is 0.740. The van der Waals surface area contributed by atoms with Gasteiger partial charge < -0.3 is 5.73 Å². The summed E-state index contributed by atoms with van der Waals surface area (Å²) >= 11 is 0. The molecule has 0 spiro atoms. The second-order valence-electron chi connectivity index (χ2n) is 3.16. The largest absolute Gasteiger partial charge is 0.330 e. The van der Waals surface area contributed by atoms with Crippen molar-refractivity contribution in [2.45, 2.75) is 12.8 Å². The molecule has 1 saturated heterocycles. The molecule has 1 aliphatic heterocycles. The van der Waals surface area contributed by atoms with Crippen molar-refractivity contribution < 1.29 is 0 Å². The Morgan fingerprint density at radius 2 is 2.09 bits per heavy atom. The molecule has 11 heavy (non-hydrogen) atoms. The van der Waals surface area contributed by atoms with Crippen molar-refractivity contribution in [3.63, 3.8) is 0 Å². The molecule has 1 fully saturated rings. The molecule has 1 rings (SSSR count). The predicted octanol–water partition coefficient (Wildman–Crippen LogP) is 0.290. The molecule has 0 amide bonds. The number of terminal acetylenes is 1. The zero-order valence-electron chi connectivity index (χ0n) is 6.92. The van der Waals surface area contributed by atoms with E-state index in [1.54, 1.807) is 0 Å². The van der Waals surface area contributed by atoms with Gasteiger partial charge in [0.2, 0.25) is 0 Å². The maximum atomic E-state index is 5.56. The van der Waals surface area contributed by atoms with Crippen molar-refractivity contribution in [1.29, 1.82) is 0 Å². The van der Waals surface area contributed by atoms with Crippen LogP contribution in [0.25, 0.3) is 0 Å². The highest BCUT2D eigenvalue weighted by atomic mass is 15.1. The van der Waals surface area contributed by atoms with Crippen molar-refractivity contribution in [3.8, 4) is 12.3 Å². The minimum atomic E-state index is 0.740. The molecule has 62 valence electrons. The summed E-state index contributed by atoms with van der Waals surface area (Å²) in [5, 5.41) is 0. The Labute approximate surface area is 68.8 Å². The highest BCUT2D eigenvalue weighted by molar-refractivity contribution is 4.89. The van der Waals surface area contributed by atoms with E-state index in [1.165, 1.54) is 12.8 Å². The third kappa shape index (κ3) is 2.53. The van der Waals surface area contributed by atoms with Crippen LogP contribution in [-0.2, 0) is 0 Å². The summed E-state index contributed by atoms with van der Waals surface area (Å²) in [6, 6.07) is 0. The summed E-state index contributed by atoms with van der Waals surface area (Å²) in [7, 11) is 0. The lowest BCUT2D eigenvalue weighted by molar-refractivity contribution is 0.207. The molecule has 0 atom stereocenters. The van der Waals surface area contributed by atoms with Crippen molar-refractivity contribution in [3.05, 3.63) is 0 Å². The van der Waals surface area contributed by atoms with Crippen LogP contribution in [-0.4, -0.2) is 31.1 Å². The summed E-state index contributed by atoms with van der Waals surface area (Å²) in [4.78, 5) is 2.31. The Morgan fingerprint density at radius 1 is 1.45 bits per heavy atom. The molecule has 0 aromatic carbocycles. The van der Waals surface area contributed by atoms with Crippen LogP contribution in [0.4, 0.5) is 0 Å². The topological polar surface area (TPSA) is 29.3 Å². The van der Waals surface area contributed by atoms with E-state index in [2.05, 4.69) is 10.8 Å². The van der Waals surface area contributed by atoms with Crippen molar-refractivity contribution in [2.24, 2.45) is 11.7 Å². The molecular weight excluding hydrogens is 136 g/mol. The molecule has 0 aromatic rings. The first-order valence-electron chi connectivity index (χ1n) is 4.22. The Morgan fingerprint density at radius 3 is 2.55 bits per heavy atom. The normalized spacial score (nSPS) is 21.5. The zero-order valence-corrected chi connectivity index (χ0v) is 6.92. The lowest BCUT2D eigenvalue weighted by Gasteiger charge is -2.29. The third-order valence-electron chi connectivity index (χ3n) is 2.36. The molecule has 1 aliphatic rings. The van der Waals surface area contributed by atoms with Gasteiger partial charge in [0.25, 0.3) is 0 Å². The van der Waals surface area contributed by atoms with Gasteiger partial charge in [-0.25, -0.2) is 0 Å². The van der Waals surface area contributed by atoms with Gasteiger partial charge in [-0.05, 0) is 38.4 Å². The lowest BCUT2D eigenvalue weighted by Crippen LogP contribution is -2.36. The van der Waals surface area contributed by atoms with Gasteiger partial charge in [-0.2, -0.15) is 0 Å². The fraction of sp³-hybridized carbons (Fsp3) is 0.778. The zero-order chi connectivity index (χ0) is 8.10. The van der Waals surface area contributed by atoms with E-state index in [1.807, 2.05) is 0 Å². The van der Waals surface area contributed by atoms with E-state index in [0.29, 0.717) is 0 Å². The SMILES string of the molecule is C#CCN1CCC(CN)CC1. The first kappa shape index (κ1) is 8.58. The first-order valence-corrected chi connectivity index (χ1v) is 4.22. The molecule has 0 unspecified atom stereocenters. The number of rotatable bonds is 2. The van der Waals surface area contributed by atoms with Crippen molar-refractivity contribution in [2.75, 3.05) is 26.2 Å². The lowest BCUT2D eigenvalue weighted by atomic mass is 9.97. The van der Waals surface area contributed by atoms with Crippen LogP contribution in [0, 0.1) is 18.3 Å². The molecule has 0 saturated carbocycles. The average Bonchev–Trinajstić information content (AvgIpc) is 2.07. The van der Waals surface area contributed by atoms with Crippen LogP contribution in [0.1, 0.15) is 12.8 Å². The van der Waals surface area contributed by atoms with Crippen LogP contribution in [0.3, 0.4) is 0 Å². The van der Waals surface area contributed by atoms with E-state index in [4.69, 9.17) is 12.2 Å². The van der Waals surface area contributed by atoms with Crippen LogP contribution in [0.5, 0.6) is 0 Å². The molecule has 0 bridgehead atoms. The number of nitrogens with zero attached hydrogens (tertiary/aromatic N) is 1. The number of hydrogen-bond acceptors (Lipinski definition) is 2. The van der Waals surface area contributed by atoms with Crippen LogP contribution >= 0.6 is 0 Å². The van der Waals surface area contributed by atoms with Gasteiger partial charge in [-0.3, -0.25) is 4.90 Å². The molecule has 0 aliphatic carbocycles. The summed E-state index contributed by atoms with van der Waals surface area (Å²) in [6.07, 6.45) is 7.65. The Hall–Kier alpha value is -0.520. The van der Waals surface area contributed by atoms with Crippen LogP contribution in [0.2, 0.25) is 0 Å². The minimum Gasteiger partial charge on any atom is -0.330 e. The quantitative estimate of drug-likeness (QED) is 0.576. The average molecular weight is 152 g/mol. The third-order valence-corrected chi connectivity index (χ3v) is 2.36. The van der Waals surface area contributed by atoms with E-state index in [9.17, 15) is 0 Å². The molecular formula is C9H16N2. The van der Waals surface area contributed by atoms with Gasteiger partial charge in [-0.15, -0.1) is 6.42 Å². The second kappa shape index (κ2) is 4.38. The monoisotopic (exact) mass is 152 g/mol. The molecule has 0 radical (unpaired) electrons. The number of piperidine rings is 1. The standard InChI is InChI=1S/C9H16N2/c1-2-5-11-6-3-9(8-10)4-7-11/h1,9H,3-8,10H2. The maximum absolute atomic E-state index is 5.56. The van der Waals surface area contributed by atoms with E-state index < -0.39 is 0 Å². The Balaban J connectivity index is 2.20. The molecule has 2 N–H and O–H groups in total. The van der Waals surface area contributed by atoms with Gasteiger partial charge in [0, 0.05) is 0 Å². The highest BCUT2D eigenvalue weighted by Crippen LogP contribution is 2.14. The number of likely N-dealkylation sites (tertiary alicyclic amines) is 1. The molecule has 1 heterocycles. The smallest absolute Gasteiger partial charge is 0.0598 e. The fourth-order valence-corrected chi connectivity index (χ4v) is 1.51. The molecule has 0 aromatic heterocycles. The predicted molar refractivity (Wildman–Crippen MR) is 47.1 cm³/mol. The van der Waals surface area contributed by atoms with Gasteiger partial charge in [-0.1, -0.05) is 5.92 Å². The van der Waals surface area contributed by atoms with Crippen LogP contribution in [0.15, 0.2) is 0 Å². The number of hydrogen-bond donors (Lipinski definition) is 1. The second-order valence-corrected chi connectivity index (χ2v) is 3.16. The van der Waals surface area contributed by atoms with Gasteiger partial charge >= 0.3 is 0 Å². The van der Waals surface area contributed by atoms with Gasteiger partial charge in [0.1, 0.15) is 0 Å². The summed E-state index contributed by atoms with van der Waals surface area (Å²) in [5.74, 6) is 3.40.